The first-order valence-corrected chi connectivity index (χ1v) is 12.0. The lowest BCUT2D eigenvalue weighted by molar-refractivity contribution is -0.128. The Morgan fingerprint density at radius 1 is 1.27 bits per heavy atom. The zero-order valence-corrected chi connectivity index (χ0v) is 20.3. The summed E-state index contributed by atoms with van der Waals surface area (Å²) in [6, 6.07) is 7.34. The van der Waals surface area contributed by atoms with Crippen LogP contribution in [-0.4, -0.2) is 42.7 Å². The lowest BCUT2D eigenvalue weighted by Crippen LogP contribution is -2.47. The van der Waals surface area contributed by atoms with Crippen LogP contribution in [0.4, 0.5) is 24.7 Å². The first-order valence-electron chi connectivity index (χ1n) is 12.0. The predicted molar refractivity (Wildman–Crippen MR) is 131 cm³/mol. The van der Waals surface area contributed by atoms with E-state index in [1.807, 2.05) is 31.4 Å². The lowest BCUT2D eigenvalue weighted by Gasteiger charge is -2.40. The molecule has 0 unspecified atom stereocenters. The van der Waals surface area contributed by atoms with Crippen LogP contribution >= 0.6 is 0 Å². The van der Waals surface area contributed by atoms with Crippen molar-refractivity contribution in [2.24, 2.45) is 5.92 Å². The Labute approximate surface area is 211 Å². The van der Waals surface area contributed by atoms with Crippen LogP contribution in [0.25, 0.3) is 11.1 Å². The van der Waals surface area contributed by atoms with Crippen molar-refractivity contribution in [3.05, 3.63) is 65.1 Å². The maximum atomic E-state index is 13.0. The van der Waals surface area contributed by atoms with Gasteiger partial charge in [0.05, 0.1) is 18.1 Å². The highest BCUT2D eigenvalue weighted by Crippen LogP contribution is 2.44. The van der Waals surface area contributed by atoms with Crippen molar-refractivity contribution in [2.75, 3.05) is 30.0 Å². The van der Waals surface area contributed by atoms with Gasteiger partial charge >= 0.3 is 6.18 Å². The molecule has 2 atom stereocenters. The van der Waals surface area contributed by atoms with E-state index in [4.69, 9.17) is 4.74 Å². The van der Waals surface area contributed by atoms with Crippen LogP contribution in [0, 0.1) is 12.8 Å². The average Bonchev–Trinajstić information content (AvgIpc) is 2.89. The number of carbonyl (C=O) groups excluding carboxylic acids is 2. The molecule has 0 spiro atoms. The molecule has 1 aromatic heterocycles. The summed E-state index contributed by atoms with van der Waals surface area (Å²) in [6.07, 6.45) is -0.269. The van der Waals surface area contributed by atoms with Crippen molar-refractivity contribution >= 4 is 23.3 Å². The molecule has 3 aliphatic rings. The molecule has 1 fully saturated rings. The van der Waals surface area contributed by atoms with E-state index in [2.05, 4.69) is 15.7 Å². The van der Waals surface area contributed by atoms with Gasteiger partial charge in [0.15, 0.2) is 0 Å². The third-order valence-corrected chi connectivity index (χ3v) is 6.91. The molecule has 0 saturated carbocycles. The number of aromatic nitrogens is 1. The second-order valence-corrected chi connectivity index (χ2v) is 9.20. The van der Waals surface area contributed by atoms with Crippen molar-refractivity contribution in [1.82, 2.24) is 15.8 Å². The molecule has 0 radical (unpaired) electrons. The number of alkyl halides is 3. The van der Waals surface area contributed by atoms with Crippen molar-refractivity contribution in [2.45, 2.75) is 32.4 Å². The number of hydrogen-bond donors (Lipinski definition) is 3. The quantitative estimate of drug-likeness (QED) is 0.574. The Balaban J connectivity index is 1.45. The van der Waals surface area contributed by atoms with E-state index < -0.39 is 17.8 Å². The molecule has 1 saturated heterocycles. The molecule has 194 valence electrons. The number of aryl methyl sites for hydroxylation is 1. The summed E-state index contributed by atoms with van der Waals surface area (Å²) in [4.78, 5) is 32.1. The average molecular weight is 514 g/mol. The fourth-order valence-corrected chi connectivity index (χ4v) is 5.01. The topological polar surface area (TPSA) is 95.6 Å². The molecule has 8 nitrogen and oxygen atoms in total. The second-order valence-electron chi connectivity index (χ2n) is 9.20. The Hall–Kier alpha value is -3.86. The minimum Gasteiger partial charge on any atom is -0.381 e. The number of rotatable bonds is 4. The van der Waals surface area contributed by atoms with Crippen LogP contribution in [0.2, 0.25) is 0 Å². The highest BCUT2D eigenvalue weighted by molar-refractivity contribution is 6.06. The smallest absolute Gasteiger partial charge is 0.381 e. The molecule has 37 heavy (non-hydrogen) atoms. The standard InChI is InChI=1S/C26H26F3N5O3/c1-3-34-23-20(18-6-7-37-13-21(18)25(34)36)8-15(11-30-23)19-10-17(5-4-14(19)2)32-24(35)16-9-22(26(27,28)29)33-31-12-16/h4-5,8-12,18,21,31,33H,3,6-7,13H2,1-2H3,(H,32,35)/t18-,21+/m0/s1. The molecule has 0 aliphatic carbocycles. The number of benzene rings is 1. The second kappa shape index (κ2) is 9.55. The van der Waals surface area contributed by atoms with Gasteiger partial charge in [0.2, 0.25) is 5.91 Å². The number of nitrogens with zero attached hydrogens (tertiary/aromatic N) is 2. The Morgan fingerprint density at radius 3 is 2.84 bits per heavy atom. The van der Waals surface area contributed by atoms with Gasteiger partial charge in [-0.2, -0.15) is 13.2 Å². The molecule has 0 bridgehead atoms. The molecule has 11 heteroatoms. The van der Waals surface area contributed by atoms with Crippen LogP contribution in [-0.2, 0) is 14.3 Å². The molecule has 4 heterocycles. The number of hydrogen-bond acceptors (Lipinski definition) is 6. The van der Waals surface area contributed by atoms with Crippen LogP contribution in [0.15, 0.2) is 54.0 Å². The Bertz CT molecular complexity index is 1320. The molecule has 1 aromatic carbocycles. The van der Waals surface area contributed by atoms with Crippen molar-refractivity contribution in [3.63, 3.8) is 0 Å². The number of amides is 2. The lowest BCUT2D eigenvalue weighted by atomic mass is 9.78. The normalized spacial score (nSPS) is 21.1. The summed E-state index contributed by atoms with van der Waals surface area (Å²) < 4.78 is 44.6. The third kappa shape index (κ3) is 4.66. The van der Waals surface area contributed by atoms with E-state index in [0.29, 0.717) is 31.3 Å². The number of allylic oxidation sites excluding steroid dienone is 1. The fourth-order valence-electron chi connectivity index (χ4n) is 5.01. The summed E-state index contributed by atoms with van der Waals surface area (Å²) in [7, 11) is 0. The minimum atomic E-state index is -4.62. The van der Waals surface area contributed by atoms with Crippen LogP contribution in [0.3, 0.4) is 0 Å². The summed E-state index contributed by atoms with van der Waals surface area (Å²) >= 11 is 0. The highest BCUT2D eigenvalue weighted by Gasteiger charge is 2.42. The SMILES string of the molecule is CCN1C(=O)[C@@H]2COCC[C@H]2c2cc(-c3cc(NC(=O)C4=CNNC(C(F)(F)F)=C4)ccc3C)cnc21. The molecule has 3 aliphatic heterocycles. The first-order chi connectivity index (χ1) is 17.7. The summed E-state index contributed by atoms with van der Waals surface area (Å²) in [6.45, 7) is 5.31. The van der Waals surface area contributed by atoms with Gasteiger partial charge in [-0.3, -0.25) is 19.9 Å². The number of ether oxygens (including phenoxy) is 1. The highest BCUT2D eigenvalue weighted by atomic mass is 19.4. The van der Waals surface area contributed by atoms with Crippen molar-refractivity contribution in [3.8, 4) is 11.1 Å². The van der Waals surface area contributed by atoms with E-state index in [9.17, 15) is 22.8 Å². The van der Waals surface area contributed by atoms with E-state index in [1.54, 1.807) is 23.2 Å². The molecule has 5 rings (SSSR count). The molecular weight excluding hydrogens is 487 g/mol. The van der Waals surface area contributed by atoms with Gasteiger partial charge in [-0.1, -0.05) is 6.07 Å². The van der Waals surface area contributed by atoms with Gasteiger partial charge in [0.1, 0.15) is 11.5 Å². The van der Waals surface area contributed by atoms with Gasteiger partial charge in [-0.05, 0) is 61.2 Å². The molecule has 3 N–H and O–H groups in total. The van der Waals surface area contributed by atoms with Gasteiger partial charge < -0.3 is 15.5 Å². The molecule has 2 amide bonds. The summed E-state index contributed by atoms with van der Waals surface area (Å²) in [5, 5.41) is 2.67. The van der Waals surface area contributed by atoms with Crippen molar-refractivity contribution in [1.29, 1.82) is 0 Å². The molecular formula is C26H26F3N5O3. The van der Waals surface area contributed by atoms with E-state index >= 15 is 0 Å². The Kier molecular flexibility index (Phi) is 6.40. The number of pyridine rings is 1. The number of fused-ring (bicyclic) bond motifs is 3. The van der Waals surface area contributed by atoms with Gasteiger partial charge in [0, 0.05) is 42.7 Å². The Morgan fingerprint density at radius 2 is 2.08 bits per heavy atom. The van der Waals surface area contributed by atoms with Crippen LogP contribution < -0.4 is 21.1 Å². The van der Waals surface area contributed by atoms with Gasteiger partial charge in [-0.15, -0.1) is 0 Å². The summed E-state index contributed by atoms with van der Waals surface area (Å²) in [5.41, 5.74) is 7.03. The fraction of sp³-hybridized carbons (Fsp3) is 0.346. The van der Waals surface area contributed by atoms with E-state index in [0.717, 1.165) is 41.0 Å². The maximum Gasteiger partial charge on any atom is 0.432 e. The number of halogens is 3. The summed E-state index contributed by atoms with van der Waals surface area (Å²) in [5.74, 6) is -0.212. The van der Waals surface area contributed by atoms with Crippen LogP contribution in [0.1, 0.15) is 30.4 Å². The van der Waals surface area contributed by atoms with E-state index in [-0.39, 0.29) is 23.3 Å². The number of anilines is 2. The largest absolute Gasteiger partial charge is 0.432 e. The zero-order valence-electron chi connectivity index (χ0n) is 20.3. The van der Waals surface area contributed by atoms with Crippen LogP contribution in [0.5, 0.6) is 0 Å². The first kappa shape index (κ1) is 24.8. The number of hydrazine groups is 1. The number of nitrogens with one attached hydrogen (secondary N) is 3. The monoisotopic (exact) mass is 513 g/mol. The number of carbonyl (C=O) groups is 2. The third-order valence-electron chi connectivity index (χ3n) is 6.91. The minimum absolute atomic E-state index is 0.0173. The van der Waals surface area contributed by atoms with Gasteiger partial charge in [0.25, 0.3) is 5.91 Å². The zero-order chi connectivity index (χ0) is 26.3. The van der Waals surface area contributed by atoms with Crippen molar-refractivity contribution < 1.29 is 27.5 Å². The van der Waals surface area contributed by atoms with Gasteiger partial charge in [-0.25, -0.2) is 4.98 Å². The molecule has 2 aromatic rings. The van der Waals surface area contributed by atoms with E-state index in [1.165, 1.54) is 0 Å². The predicted octanol–water partition coefficient (Wildman–Crippen LogP) is 3.92. The maximum absolute atomic E-state index is 13.0.